The van der Waals surface area contributed by atoms with E-state index < -0.39 is 0 Å². The molecule has 0 spiro atoms. The average molecular weight is 308 g/mol. The fraction of sp³-hybridized carbons (Fsp3) is 0.316. The highest BCUT2D eigenvalue weighted by Crippen LogP contribution is 2.40. The van der Waals surface area contributed by atoms with Gasteiger partial charge in [-0.15, -0.1) is 0 Å². The number of carbonyl (C=O) groups is 1. The van der Waals surface area contributed by atoms with Crippen molar-refractivity contribution in [3.8, 4) is 5.75 Å². The van der Waals surface area contributed by atoms with Crippen LogP contribution in [0.15, 0.2) is 48.5 Å². The van der Waals surface area contributed by atoms with Crippen LogP contribution in [-0.4, -0.2) is 19.7 Å². The van der Waals surface area contributed by atoms with Gasteiger partial charge in [-0.2, -0.15) is 0 Å². The Hall–Kier alpha value is -2.49. The number of ether oxygens (including phenoxy) is 1. The minimum absolute atomic E-state index is 0.0218. The van der Waals surface area contributed by atoms with Crippen molar-refractivity contribution >= 4 is 11.7 Å². The van der Waals surface area contributed by atoms with Crippen LogP contribution in [0.1, 0.15) is 30.0 Å². The Balaban J connectivity index is 1.78. The largest absolute Gasteiger partial charge is 0.497 e. The second-order valence-electron chi connectivity index (χ2n) is 6.27. The molecule has 2 aliphatic rings. The summed E-state index contributed by atoms with van der Waals surface area (Å²) in [7, 11) is 1.66. The lowest BCUT2D eigenvalue weighted by Gasteiger charge is -2.35. The topological polar surface area (TPSA) is 41.6 Å². The second kappa shape index (κ2) is 5.61. The maximum absolute atomic E-state index is 12.7. The van der Waals surface area contributed by atoms with E-state index in [1.165, 1.54) is 12.8 Å². The van der Waals surface area contributed by atoms with E-state index in [0.717, 1.165) is 29.1 Å². The first-order valence-electron chi connectivity index (χ1n) is 8.07. The molecule has 4 rings (SSSR count). The number of rotatable bonds is 4. The normalized spacial score (nSPS) is 20.0. The van der Waals surface area contributed by atoms with Gasteiger partial charge in [0.05, 0.1) is 18.8 Å². The van der Waals surface area contributed by atoms with E-state index in [1.54, 1.807) is 7.11 Å². The van der Waals surface area contributed by atoms with Crippen molar-refractivity contribution in [1.82, 2.24) is 5.32 Å². The van der Waals surface area contributed by atoms with Gasteiger partial charge in [-0.1, -0.05) is 36.4 Å². The molecule has 1 fully saturated rings. The third-order valence-corrected chi connectivity index (χ3v) is 4.62. The molecule has 1 N–H and O–H groups in total. The predicted molar refractivity (Wildman–Crippen MR) is 89.9 cm³/mol. The fourth-order valence-electron chi connectivity index (χ4n) is 3.17. The van der Waals surface area contributed by atoms with E-state index in [1.807, 2.05) is 35.2 Å². The quantitative estimate of drug-likeness (QED) is 0.935. The molecule has 2 aromatic carbocycles. The van der Waals surface area contributed by atoms with Crippen LogP contribution in [0.25, 0.3) is 0 Å². The number of carbonyl (C=O) groups excluding carboxylic acids is 1. The van der Waals surface area contributed by atoms with Crippen LogP contribution in [-0.2, 0) is 0 Å². The number of fused-ring (bicyclic) bond motifs is 1. The van der Waals surface area contributed by atoms with Crippen LogP contribution in [0.3, 0.4) is 0 Å². The van der Waals surface area contributed by atoms with E-state index >= 15 is 0 Å². The number of methoxy groups -OCH3 is 1. The van der Waals surface area contributed by atoms with Crippen LogP contribution in [0, 0.1) is 5.92 Å². The Labute approximate surface area is 136 Å². The number of nitrogens with one attached hydrogen (secondary N) is 1. The first kappa shape index (κ1) is 14.1. The Bertz CT molecular complexity index is 725. The van der Waals surface area contributed by atoms with Crippen molar-refractivity contribution in [2.75, 3.05) is 18.6 Å². The molecule has 23 heavy (non-hydrogen) atoms. The minimum atomic E-state index is -0.111. The Morgan fingerprint density at radius 2 is 1.96 bits per heavy atom. The van der Waals surface area contributed by atoms with Gasteiger partial charge in [0.25, 0.3) is 0 Å². The Morgan fingerprint density at radius 1 is 1.17 bits per heavy atom. The van der Waals surface area contributed by atoms with Crippen LogP contribution in [0.5, 0.6) is 5.75 Å². The van der Waals surface area contributed by atoms with Crippen LogP contribution >= 0.6 is 0 Å². The van der Waals surface area contributed by atoms with Crippen molar-refractivity contribution in [3.05, 3.63) is 59.7 Å². The van der Waals surface area contributed by atoms with Gasteiger partial charge in [0.2, 0.25) is 0 Å². The molecule has 0 bridgehead atoms. The maximum atomic E-state index is 12.7. The van der Waals surface area contributed by atoms with Crippen LogP contribution in [0.4, 0.5) is 10.5 Å². The Kier molecular flexibility index (Phi) is 3.45. The summed E-state index contributed by atoms with van der Waals surface area (Å²) in [5, 5.41) is 3.16. The van der Waals surface area contributed by atoms with Gasteiger partial charge in [0.15, 0.2) is 0 Å². The highest BCUT2D eigenvalue weighted by Gasteiger charge is 2.35. The molecule has 0 radical (unpaired) electrons. The summed E-state index contributed by atoms with van der Waals surface area (Å²) >= 11 is 0. The molecule has 1 aliphatic carbocycles. The number of benzene rings is 2. The summed E-state index contributed by atoms with van der Waals surface area (Å²) in [6, 6.07) is 16.0. The summed E-state index contributed by atoms with van der Waals surface area (Å²) in [6.45, 7) is 0.785. The van der Waals surface area contributed by atoms with Crippen molar-refractivity contribution in [3.63, 3.8) is 0 Å². The molecule has 1 aliphatic heterocycles. The highest BCUT2D eigenvalue weighted by atomic mass is 16.5. The summed E-state index contributed by atoms with van der Waals surface area (Å²) < 4.78 is 5.37. The molecule has 1 saturated carbocycles. The van der Waals surface area contributed by atoms with Crippen molar-refractivity contribution in [2.45, 2.75) is 18.9 Å². The molecule has 4 nitrogen and oxygen atoms in total. The molecule has 1 unspecified atom stereocenters. The van der Waals surface area contributed by atoms with Crippen molar-refractivity contribution < 1.29 is 9.53 Å². The lowest BCUT2D eigenvalue weighted by atomic mass is 9.94. The zero-order valence-corrected chi connectivity index (χ0v) is 13.2. The molecule has 1 heterocycles. The van der Waals surface area contributed by atoms with E-state index in [4.69, 9.17) is 4.74 Å². The molecule has 1 atom stereocenters. The zero-order valence-electron chi connectivity index (χ0n) is 13.2. The van der Waals surface area contributed by atoms with Gasteiger partial charge < -0.3 is 10.1 Å². The average Bonchev–Trinajstić information content (AvgIpc) is 3.41. The third kappa shape index (κ3) is 2.65. The minimum Gasteiger partial charge on any atom is -0.497 e. The first-order chi connectivity index (χ1) is 11.3. The van der Waals surface area contributed by atoms with E-state index in [2.05, 4.69) is 23.5 Å². The standard InChI is InChI=1S/C19H20N2O2/c1-23-15-9-10-16-17(11-15)21(12-13-7-8-13)19(22)20-18(16)14-5-3-2-4-6-14/h2-6,9-11,13,18H,7-8,12H2,1H3,(H,20,22). The van der Waals surface area contributed by atoms with E-state index in [0.29, 0.717) is 5.92 Å². The van der Waals surface area contributed by atoms with Gasteiger partial charge in [-0.3, -0.25) is 4.90 Å². The van der Waals surface area contributed by atoms with Gasteiger partial charge in [0.1, 0.15) is 5.75 Å². The maximum Gasteiger partial charge on any atom is 0.322 e. The summed E-state index contributed by atoms with van der Waals surface area (Å²) in [5.41, 5.74) is 3.18. The smallest absolute Gasteiger partial charge is 0.322 e. The monoisotopic (exact) mass is 308 g/mol. The summed E-state index contributed by atoms with van der Waals surface area (Å²) in [4.78, 5) is 14.5. The molecule has 0 aromatic heterocycles. The lowest BCUT2D eigenvalue weighted by Crippen LogP contribution is -2.47. The van der Waals surface area contributed by atoms with E-state index in [-0.39, 0.29) is 12.1 Å². The molecule has 2 amide bonds. The number of hydrogen-bond acceptors (Lipinski definition) is 2. The second-order valence-corrected chi connectivity index (χ2v) is 6.27. The molecular formula is C19H20N2O2. The fourth-order valence-corrected chi connectivity index (χ4v) is 3.17. The van der Waals surface area contributed by atoms with Crippen molar-refractivity contribution in [1.29, 1.82) is 0 Å². The van der Waals surface area contributed by atoms with Gasteiger partial charge in [0, 0.05) is 18.2 Å². The van der Waals surface area contributed by atoms with Crippen LogP contribution < -0.4 is 15.0 Å². The highest BCUT2D eigenvalue weighted by molar-refractivity contribution is 5.96. The molecule has 2 aromatic rings. The summed E-state index contributed by atoms with van der Waals surface area (Å²) in [5.74, 6) is 1.42. The third-order valence-electron chi connectivity index (χ3n) is 4.62. The summed E-state index contributed by atoms with van der Waals surface area (Å²) in [6.07, 6.45) is 2.43. The molecule has 4 heteroatoms. The first-order valence-corrected chi connectivity index (χ1v) is 8.07. The predicted octanol–water partition coefficient (Wildman–Crippen LogP) is 3.72. The van der Waals surface area contributed by atoms with E-state index in [9.17, 15) is 4.79 Å². The Morgan fingerprint density at radius 3 is 2.65 bits per heavy atom. The number of amides is 2. The van der Waals surface area contributed by atoms with Crippen LogP contribution in [0.2, 0.25) is 0 Å². The molecular weight excluding hydrogens is 288 g/mol. The molecule has 0 saturated heterocycles. The number of nitrogens with zero attached hydrogens (tertiary/aromatic N) is 1. The number of hydrogen-bond donors (Lipinski definition) is 1. The van der Waals surface area contributed by atoms with Crippen molar-refractivity contribution in [2.24, 2.45) is 5.92 Å². The van der Waals surface area contributed by atoms with Gasteiger partial charge >= 0.3 is 6.03 Å². The molecule has 118 valence electrons. The zero-order chi connectivity index (χ0) is 15.8. The number of anilines is 1. The lowest BCUT2D eigenvalue weighted by molar-refractivity contribution is 0.242. The van der Waals surface area contributed by atoms with Gasteiger partial charge in [-0.25, -0.2) is 4.79 Å². The van der Waals surface area contributed by atoms with Gasteiger partial charge in [-0.05, 0) is 30.4 Å². The number of urea groups is 1. The SMILES string of the molecule is COc1ccc2c(c1)N(CC1CC1)C(=O)NC2c1ccccc1.